The Kier molecular flexibility index (Phi) is 5.04. The van der Waals surface area contributed by atoms with Gasteiger partial charge in [0.1, 0.15) is 11.8 Å². The fraction of sp³-hybridized carbons (Fsp3) is 0. The Hall–Kier alpha value is -4.18. The molecular weight excluding hydrogens is 476 g/mol. The van der Waals surface area contributed by atoms with Crippen molar-refractivity contribution in [3.8, 4) is 11.6 Å². The second kappa shape index (κ2) is 8.16. The van der Waals surface area contributed by atoms with E-state index >= 15 is 0 Å². The van der Waals surface area contributed by atoms with E-state index in [0.29, 0.717) is 22.5 Å². The zero-order valence-electron chi connectivity index (χ0n) is 16.3. The van der Waals surface area contributed by atoms with Gasteiger partial charge in [0.25, 0.3) is 0 Å². The molecule has 0 saturated carbocycles. The highest BCUT2D eigenvalue weighted by Crippen LogP contribution is 2.39. The molecule has 3 heterocycles. The molecule has 5 rings (SSSR count). The van der Waals surface area contributed by atoms with Crippen molar-refractivity contribution in [2.24, 2.45) is 0 Å². The van der Waals surface area contributed by atoms with Crippen molar-refractivity contribution in [3.05, 3.63) is 87.9 Å². The molecule has 0 atom stereocenters. The quantitative estimate of drug-likeness (QED) is 0.244. The molecule has 5 aromatic rings. The monoisotopic (exact) mass is 488 g/mol. The van der Waals surface area contributed by atoms with E-state index < -0.39 is 10.6 Å². The number of nitrogens with zero attached hydrogens (tertiary/aromatic N) is 5. The van der Waals surface area contributed by atoms with Crippen molar-refractivity contribution in [2.75, 3.05) is 5.32 Å². The Labute approximate surface area is 189 Å². The number of pyridine rings is 2. The van der Waals surface area contributed by atoms with Gasteiger partial charge < -0.3 is 10.1 Å². The summed E-state index contributed by atoms with van der Waals surface area (Å²) >= 11 is 3.48. The smallest absolute Gasteiger partial charge is 0.373 e. The van der Waals surface area contributed by atoms with Crippen molar-refractivity contribution in [2.45, 2.75) is 0 Å². The highest BCUT2D eigenvalue weighted by molar-refractivity contribution is 9.10. The summed E-state index contributed by atoms with van der Waals surface area (Å²) in [5.41, 5.74) is 1.38. The van der Waals surface area contributed by atoms with E-state index in [4.69, 9.17) is 4.74 Å². The summed E-state index contributed by atoms with van der Waals surface area (Å²) in [5, 5.41) is 16.7. The maximum atomic E-state index is 12.0. The second-order valence-electron chi connectivity index (χ2n) is 6.69. The standard InChI is InChI=1S/C22H13BrN6O3/c23-15-8-9-17(19-14(15)6-3-11-25-19)32-22-20(29(30)31)21(26-12-27-22)28-16-7-1-4-13-5-2-10-24-18(13)16/h1-12H,(H,26,27,28). The van der Waals surface area contributed by atoms with E-state index in [-0.39, 0.29) is 11.7 Å². The van der Waals surface area contributed by atoms with Crippen LogP contribution in [0.5, 0.6) is 11.6 Å². The van der Waals surface area contributed by atoms with Gasteiger partial charge in [-0.25, -0.2) is 4.98 Å². The van der Waals surface area contributed by atoms with Crippen LogP contribution in [-0.2, 0) is 0 Å². The van der Waals surface area contributed by atoms with Crippen LogP contribution < -0.4 is 10.1 Å². The van der Waals surface area contributed by atoms with Crippen LogP contribution in [-0.4, -0.2) is 24.9 Å². The van der Waals surface area contributed by atoms with E-state index in [9.17, 15) is 10.1 Å². The van der Waals surface area contributed by atoms with Crippen LogP contribution in [0.25, 0.3) is 21.8 Å². The van der Waals surface area contributed by atoms with E-state index in [1.54, 1.807) is 36.7 Å². The predicted octanol–water partition coefficient (Wildman–Crippen LogP) is 5.78. The van der Waals surface area contributed by atoms with Gasteiger partial charge in [0.05, 0.1) is 16.1 Å². The largest absolute Gasteiger partial charge is 0.431 e. The van der Waals surface area contributed by atoms with Crippen molar-refractivity contribution in [1.82, 2.24) is 19.9 Å². The summed E-state index contributed by atoms with van der Waals surface area (Å²) in [6.07, 6.45) is 4.48. The number of rotatable bonds is 5. The summed E-state index contributed by atoms with van der Waals surface area (Å²) in [4.78, 5) is 28.2. The van der Waals surface area contributed by atoms with E-state index in [1.807, 2.05) is 30.3 Å². The molecule has 1 N–H and O–H groups in total. The van der Waals surface area contributed by atoms with Gasteiger partial charge in [0.2, 0.25) is 5.82 Å². The molecule has 0 saturated heterocycles. The van der Waals surface area contributed by atoms with Crippen molar-refractivity contribution in [1.29, 1.82) is 0 Å². The van der Waals surface area contributed by atoms with E-state index in [0.717, 1.165) is 15.2 Å². The van der Waals surface area contributed by atoms with Crippen LogP contribution in [0.1, 0.15) is 0 Å². The third-order valence-electron chi connectivity index (χ3n) is 4.74. The highest BCUT2D eigenvalue weighted by atomic mass is 79.9. The fourth-order valence-electron chi connectivity index (χ4n) is 3.32. The second-order valence-corrected chi connectivity index (χ2v) is 7.54. The molecule has 0 aliphatic carbocycles. The number of aromatic nitrogens is 4. The van der Waals surface area contributed by atoms with Gasteiger partial charge in [-0.05, 0) is 30.3 Å². The van der Waals surface area contributed by atoms with Gasteiger partial charge >= 0.3 is 11.6 Å². The van der Waals surface area contributed by atoms with Crippen molar-refractivity contribution >= 4 is 54.9 Å². The molecule has 10 heteroatoms. The van der Waals surface area contributed by atoms with Crippen LogP contribution in [0, 0.1) is 10.1 Å². The minimum Gasteiger partial charge on any atom is -0.431 e. The summed E-state index contributed by atoms with van der Waals surface area (Å²) in [5.74, 6) is 0.130. The number of halogens is 1. The Morgan fingerprint density at radius 2 is 1.69 bits per heavy atom. The number of benzene rings is 2. The third-order valence-corrected chi connectivity index (χ3v) is 5.43. The number of hydrogen-bond acceptors (Lipinski definition) is 8. The Morgan fingerprint density at radius 3 is 2.53 bits per heavy atom. The van der Waals surface area contributed by atoms with Crippen LogP contribution >= 0.6 is 15.9 Å². The molecule has 0 aliphatic heterocycles. The predicted molar refractivity (Wildman–Crippen MR) is 123 cm³/mol. The first-order valence-electron chi connectivity index (χ1n) is 9.43. The summed E-state index contributed by atoms with van der Waals surface area (Å²) in [7, 11) is 0. The lowest BCUT2D eigenvalue weighted by Crippen LogP contribution is -2.04. The molecule has 2 aromatic carbocycles. The number of nitrogens with one attached hydrogen (secondary N) is 1. The summed E-state index contributed by atoms with van der Waals surface area (Å²) < 4.78 is 6.70. The van der Waals surface area contributed by atoms with E-state index in [1.165, 1.54) is 6.33 Å². The molecule has 0 unspecified atom stereocenters. The highest BCUT2D eigenvalue weighted by Gasteiger charge is 2.26. The molecule has 0 spiro atoms. The number of hydrogen-bond donors (Lipinski definition) is 1. The number of anilines is 2. The minimum atomic E-state index is -0.579. The van der Waals surface area contributed by atoms with Gasteiger partial charge in [-0.15, -0.1) is 0 Å². The van der Waals surface area contributed by atoms with Crippen LogP contribution in [0.2, 0.25) is 0 Å². The van der Waals surface area contributed by atoms with Crippen LogP contribution in [0.4, 0.5) is 17.2 Å². The Balaban J connectivity index is 1.59. The first-order chi connectivity index (χ1) is 15.6. The summed E-state index contributed by atoms with van der Waals surface area (Å²) in [6.45, 7) is 0. The average molecular weight is 489 g/mol. The number of para-hydroxylation sites is 1. The van der Waals surface area contributed by atoms with Crippen LogP contribution in [0.3, 0.4) is 0 Å². The van der Waals surface area contributed by atoms with Crippen molar-refractivity contribution in [3.63, 3.8) is 0 Å². The first kappa shape index (κ1) is 19.8. The number of fused-ring (bicyclic) bond motifs is 2. The minimum absolute atomic E-state index is 0.00692. The molecule has 0 amide bonds. The lowest BCUT2D eigenvalue weighted by atomic mass is 10.2. The lowest BCUT2D eigenvalue weighted by molar-refractivity contribution is -0.385. The fourth-order valence-corrected chi connectivity index (χ4v) is 3.78. The maximum Gasteiger partial charge on any atom is 0.373 e. The summed E-state index contributed by atoms with van der Waals surface area (Å²) in [6, 6.07) is 16.4. The van der Waals surface area contributed by atoms with Gasteiger partial charge in [0.15, 0.2) is 5.75 Å². The third kappa shape index (κ3) is 3.56. The molecule has 0 fully saturated rings. The first-order valence-corrected chi connectivity index (χ1v) is 10.2. The molecule has 0 bridgehead atoms. The van der Waals surface area contributed by atoms with Gasteiger partial charge in [-0.1, -0.05) is 40.2 Å². The molecular formula is C22H13BrN6O3. The maximum absolute atomic E-state index is 12.0. The number of nitro groups is 1. The Morgan fingerprint density at radius 1 is 0.906 bits per heavy atom. The SMILES string of the molecule is O=[N+]([O-])c1c(Nc2cccc3cccnc23)ncnc1Oc1ccc(Br)c2cccnc12. The topological polar surface area (TPSA) is 116 Å². The van der Waals surface area contributed by atoms with Crippen molar-refractivity contribution < 1.29 is 9.66 Å². The molecule has 32 heavy (non-hydrogen) atoms. The molecule has 156 valence electrons. The van der Waals surface area contributed by atoms with Crippen LogP contribution in [0.15, 0.2) is 77.8 Å². The molecule has 9 nitrogen and oxygen atoms in total. The van der Waals surface area contributed by atoms with Gasteiger partial charge in [-0.3, -0.25) is 20.1 Å². The van der Waals surface area contributed by atoms with Gasteiger partial charge in [0, 0.05) is 27.6 Å². The molecule has 0 aliphatic rings. The van der Waals surface area contributed by atoms with Gasteiger partial charge in [-0.2, -0.15) is 4.98 Å². The Bertz CT molecular complexity index is 1490. The lowest BCUT2D eigenvalue weighted by Gasteiger charge is -2.12. The van der Waals surface area contributed by atoms with E-state index in [2.05, 4.69) is 41.2 Å². The zero-order chi connectivity index (χ0) is 22.1. The molecule has 3 aromatic heterocycles. The number of ether oxygens (including phenoxy) is 1. The zero-order valence-corrected chi connectivity index (χ0v) is 17.9. The molecule has 0 radical (unpaired) electrons. The normalized spacial score (nSPS) is 10.9. The average Bonchev–Trinajstić information content (AvgIpc) is 2.81.